The van der Waals surface area contributed by atoms with Gasteiger partial charge in [-0.1, -0.05) is 48.5 Å². The number of rotatable bonds is 5. The van der Waals surface area contributed by atoms with Crippen molar-refractivity contribution in [3.05, 3.63) is 75.8 Å². The number of nitro benzene ring substituents is 1. The van der Waals surface area contributed by atoms with Crippen molar-refractivity contribution in [2.45, 2.75) is 18.8 Å². The van der Waals surface area contributed by atoms with Crippen molar-refractivity contribution in [3.63, 3.8) is 0 Å². The number of benzene rings is 2. The van der Waals surface area contributed by atoms with E-state index in [0.29, 0.717) is 5.56 Å². The fourth-order valence-corrected chi connectivity index (χ4v) is 2.78. The maximum atomic E-state index is 12.3. The first-order chi connectivity index (χ1) is 10.2. The van der Waals surface area contributed by atoms with Crippen LogP contribution in [0.5, 0.6) is 0 Å². The van der Waals surface area contributed by atoms with E-state index in [1.807, 2.05) is 30.3 Å². The Bertz CT molecular complexity index is 681. The number of hydrogen-bond donors (Lipinski definition) is 0. The van der Waals surface area contributed by atoms with Gasteiger partial charge in [0, 0.05) is 24.0 Å². The lowest BCUT2D eigenvalue weighted by Crippen LogP contribution is -2.08. The first-order valence-electron chi connectivity index (χ1n) is 6.97. The van der Waals surface area contributed by atoms with Crippen LogP contribution in [-0.4, -0.2) is 10.7 Å². The Morgan fingerprint density at radius 2 is 1.76 bits per heavy atom. The summed E-state index contributed by atoms with van der Waals surface area (Å²) in [5, 5.41) is 11.0. The molecule has 0 aliphatic heterocycles. The Labute approximate surface area is 122 Å². The zero-order chi connectivity index (χ0) is 14.8. The van der Waals surface area contributed by atoms with Crippen molar-refractivity contribution in [1.29, 1.82) is 0 Å². The van der Waals surface area contributed by atoms with E-state index in [0.717, 1.165) is 6.42 Å². The molecule has 0 bridgehead atoms. The molecule has 2 unspecified atom stereocenters. The van der Waals surface area contributed by atoms with Crippen LogP contribution >= 0.6 is 0 Å². The van der Waals surface area contributed by atoms with Gasteiger partial charge in [-0.15, -0.1) is 0 Å². The number of ketones is 1. The van der Waals surface area contributed by atoms with Gasteiger partial charge in [-0.25, -0.2) is 0 Å². The molecule has 2 aromatic rings. The molecule has 4 heteroatoms. The van der Waals surface area contributed by atoms with Crippen LogP contribution in [-0.2, 0) is 11.2 Å². The first-order valence-corrected chi connectivity index (χ1v) is 6.97. The Hall–Kier alpha value is -2.49. The minimum absolute atomic E-state index is 0.00668. The predicted molar refractivity (Wildman–Crippen MR) is 79.1 cm³/mol. The number of para-hydroxylation sites is 1. The van der Waals surface area contributed by atoms with Gasteiger partial charge in [0.25, 0.3) is 5.69 Å². The van der Waals surface area contributed by atoms with E-state index in [1.54, 1.807) is 18.2 Å². The van der Waals surface area contributed by atoms with Crippen LogP contribution in [0.4, 0.5) is 5.69 Å². The number of carbonyl (C=O) groups excluding carboxylic acids is 1. The first kappa shape index (κ1) is 13.5. The van der Waals surface area contributed by atoms with E-state index in [1.165, 1.54) is 11.6 Å². The molecule has 0 amide bonds. The Morgan fingerprint density at radius 3 is 2.48 bits per heavy atom. The molecule has 0 heterocycles. The number of nitro groups is 1. The highest BCUT2D eigenvalue weighted by Crippen LogP contribution is 2.48. The molecule has 0 radical (unpaired) electrons. The lowest BCUT2D eigenvalue weighted by atomic mass is 10.0. The minimum atomic E-state index is -0.426. The third-order valence-corrected chi connectivity index (χ3v) is 3.98. The van der Waals surface area contributed by atoms with Gasteiger partial charge in [-0.05, 0) is 17.9 Å². The quantitative estimate of drug-likeness (QED) is 0.622. The molecule has 1 saturated carbocycles. The van der Waals surface area contributed by atoms with Crippen molar-refractivity contribution in [1.82, 2.24) is 0 Å². The van der Waals surface area contributed by atoms with Crippen LogP contribution in [0, 0.1) is 16.0 Å². The lowest BCUT2D eigenvalue weighted by Gasteiger charge is -2.03. The second kappa shape index (κ2) is 5.48. The third-order valence-electron chi connectivity index (χ3n) is 3.98. The average molecular weight is 281 g/mol. The van der Waals surface area contributed by atoms with Crippen molar-refractivity contribution >= 4 is 11.5 Å². The van der Waals surface area contributed by atoms with Crippen molar-refractivity contribution < 1.29 is 9.72 Å². The highest BCUT2D eigenvalue weighted by atomic mass is 16.6. The zero-order valence-corrected chi connectivity index (χ0v) is 11.4. The SMILES string of the molecule is O=C(Cc1ccccc1[N+](=O)[O-])C1CC1c1ccccc1. The van der Waals surface area contributed by atoms with Gasteiger partial charge in [0.15, 0.2) is 0 Å². The molecule has 2 atom stereocenters. The largest absolute Gasteiger partial charge is 0.299 e. The number of nitrogens with zero attached hydrogens (tertiary/aromatic N) is 1. The van der Waals surface area contributed by atoms with Gasteiger partial charge in [-0.3, -0.25) is 14.9 Å². The van der Waals surface area contributed by atoms with E-state index in [2.05, 4.69) is 0 Å². The van der Waals surface area contributed by atoms with Crippen LogP contribution in [0.3, 0.4) is 0 Å². The summed E-state index contributed by atoms with van der Waals surface area (Å²) in [4.78, 5) is 22.9. The molecule has 0 spiro atoms. The van der Waals surface area contributed by atoms with Crippen LogP contribution in [0.25, 0.3) is 0 Å². The van der Waals surface area contributed by atoms with E-state index >= 15 is 0 Å². The number of hydrogen-bond acceptors (Lipinski definition) is 3. The molecule has 4 nitrogen and oxygen atoms in total. The topological polar surface area (TPSA) is 60.2 Å². The van der Waals surface area contributed by atoms with Crippen molar-refractivity contribution in [3.8, 4) is 0 Å². The van der Waals surface area contributed by atoms with Crippen molar-refractivity contribution in [2.75, 3.05) is 0 Å². The van der Waals surface area contributed by atoms with Crippen molar-refractivity contribution in [2.24, 2.45) is 5.92 Å². The molecule has 1 aliphatic rings. The van der Waals surface area contributed by atoms with Gasteiger partial charge in [0.05, 0.1) is 4.92 Å². The Morgan fingerprint density at radius 1 is 1.10 bits per heavy atom. The van der Waals surface area contributed by atoms with Gasteiger partial charge in [0.2, 0.25) is 0 Å². The molecule has 0 N–H and O–H groups in total. The third kappa shape index (κ3) is 2.84. The maximum absolute atomic E-state index is 12.3. The second-order valence-corrected chi connectivity index (χ2v) is 5.39. The summed E-state index contributed by atoms with van der Waals surface area (Å²) in [5.41, 5.74) is 1.72. The van der Waals surface area contributed by atoms with Gasteiger partial charge in [-0.2, -0.15) is 0 Å². The molecular weight excluding hydrogens is 266 g/mol. The van der Waals surface area contributed by atoms with E-state index in [9.17, 15) is 14.9 Å². The van der Waals surface area contributed by atoms with Gasteiger partial charge in [0.1, 0.15) is 5.78 Å². The summed E-state index contributed by atoms with van der Waals surface area (Å²) < 4.78 is 0. The average Bonchev–Trinajstić information content (AvgIpc) is 3.29. The standard InChI is InChI=1S/C17H15NO3/c19-17(10-13-8-4-5-9-16(13)18(20)21)15-11-14(15)12-6-2-1-3-7-12/h1-9,14-15H,10-11H2. The molecule has 3 rings (SSSR count). The smallest absolute Gasteiger partial charge is 0.273 e. The molecule has 21 heavy (non-hydrogen) atoms. The summed E-state index contributed by atoms with van der Waals surface area (Å²) >= 11 is 0. The van der Waals surface area contributed by atoms with Gasteiger partial charge < -0.3 is 0 Å². The lowest BCUT2D eigenvalue weighted by molar-refractivity contribution is -0.385. The normalized spacial score (nSPS) is 20.0. The van der Waals surface area contributed by atoms with E-state index < -0.39 is 4.92 Å². The Kier molecular flexibility index (Phi) is 3.52. The van der Waals surface area contributed by atoms with Gasteiger partial charge >= 0.3 is 0 Å². The molecule has 0 saturated heterocycles. The zero-order valence-electron chi connectivity index (χ0n) is 11.4. The molecule has 0 aromatic heterocycles. The highest BCUT2D eigenvalue weighted by molar-refractivity contribution is 5.87. The second-order valence-electron chi connectivity index (χ2n) is 5.39. The highest BCUT2D eigenvalue weighted by Gasteiger charge is 2.43. The van der Waals surface area contributed by atoms with Crippen LogP contribution < -0.4 is 0 Å². The molecule has 106 valence electrons. The summed E-state index contributed by atoms with van der Waals surface area (Å²) in [5.74, 6) is 0.381. The monoisotopic (exact) mass is 281 g/mol. The summed E-state index contributed by atoms with van der Waals surface area (Å²) in [6.07, 6.45) is 0.995. The molecular formula is C17H15NO3. The summed E-state index contributed by atoms with van der Waals surface area (Å²) in [6, 6.07) is 16.4. The van der Waals surface area contributed by atoms with Crippen LogP contribution in [0.1, 0.15) is 23.5 Å². The number of Topliss-reactive ketones (excluding diaryl/α,β-unsaturated/α-hetero) is 1. The number of carbonyl (C=O) groups is 1. The van der Waals surface area contributed by atoms with Crippen LogP contribution in [0.2, 0.25) is 0 Å². The van der Waals surface area contributed by atoms with Crippen LogP contribution in [0.15, 0.2) is 54.6 Å². The molecule has 1 fully saturated rings. The fourth-order valence-electron chi connectivity index (χ4n) is 2.78. The van der Waals surface area contributed by atoms with E-state index in [4.69, 9.17) is 0 Å². The van der Waals surface area contributed by atoms with E-state index in [-0.39, 0.29) is 29.7 Å². The Balaban J connectivity index is 1.70. The maximum Gasteiger partial charge on any atom is 0.273 e. The fraction of sp³-hybridized carbons (Fsp3) is 0.235. The predicted octanol–water partition coefficient (Wildman–Crippen LogP) is 3.51. The summed E-state index contributed by atoms with van der Waals surface area (Å²) in [6.45, 7) is 0. The molecule has 1 aliphatic carbocycles. The summed E-state index contributed by atoms with van der Waals surface area (Å²) in [7, 11) is 0. The minimum Gasteiger partial charge on any atom is -0.299 e. The molecule has 2 aromatic carbocycles.